The Bertz CT molecular complexity index is 1160. The number of hydrogen-bond acceptors (Lipinski definition) is 7. The van der Waals surface area contributed by atoms with Gasteiger partial charge >= 0.3 is 0 Å². The van der Waals surface area contributed by atoms with E-state index in [9.17, 15) is 29.1 Å². The summed E-state index contributed by atoms with van der Waals surface area (Å²) in [6, 6.07) is 12.4. The lowest BCUT2D eigenvalue weighted by atomic mass is 10.0. The van der Waals surface area contributed by atoms with Crippen molar-refractivity contribution in [3.63, 3.8) is 0 Å². The number of nitrogens with one attached hydrogen (secondary N) is 4. The van der Waals surface area contributed by atoms with Crippen LogP contribution in [0.2, 0.25) is 0 Å². The van der Waals surface area contributed by atoms with Crippen LogP contribution in [-0.2, 0) is 36.8 Å². The molecule has 0 saturated carbocycles. The molecule has 0 aliphatic rings. The molecule has 5 amide bonds. The molecule has 0 radical (unpaired) electrons. The van der Waals surface area contributed by atoms with E-state index in [0.717, 1.165) is 5.56 Å². The molecule has 0 aliphatic carbocycles. The Hall–Kier alpha value is -4.45. The van der Waals surface area contributed by atoms with Crippen LogP contribution in [0.3, 0.4) is 0 Å². The molecule has 0 saturated heterocycles. The number of nitrogens with two attached hydrogens (primary N) is 2. The van der Waals surface area contributed by atoms with Gasteiger partial charge in [-0.15, -0.1) is 0 Å². The minimum atomic E-state index is -1.03. The van der Waals surface area contributed by atoms with Gasteiger partial charge < -0.3 is 37.8 Å². The standard InChI is InChI=1S/C28H38N6O6/c1-17(2)12-21(29)27(39)34-23(14-18-6-4-3-5-7-18)28(40)32-15-24(36)31-16-25(37)33-22(26(30)38)13-19-8-10-20(35)11-9-19/h3-11,17,21-23,35H,12-16,29H2,1-2H3,(H2,30,38)(H,31,36)(H,32,40)(H,33,37)(H,34,39)/t21-,22-,23-/m0/s1. The fraction of sp³-hybridized carbons (Fsp3) is 0.393. The number of carbonyl (C=O) groups excluding carboxylic acids is 5. The van der Waals surface area contributed by atoms with E-state index in [1.165, 1.54) is 12.1 Å². The highest BCUT2D eigenvalue weighted by Gasteiger charge is 2.25. The second-order valence-corrected chi connectivity index (χ2v) is 9.87. The minimum absolute atomic E-state index is 0.0571. The van der Waals surface area contributed by atoms with Crippen molar-refractivity contribution < 1.29 is 29.1 Å². The molecule has 216 valence electrons. The van der Waals surface area contributed by atoms with Gasteiger partial charge in [0, 0.05) is 12.8 Å². The zero-order valence-corrected chi connectivity index (χ0v) is 22.7. The smallest absolute Gasteiger partial charge is 0.243 e. The fourth-order valence-corrected chi connectivity index (χ4v) is 3.82. The summed E-state index contributed by atoms with van der Waals surface area (Å²) in [5.41, 5.74) is 12.8. The Balaban J connectivity index is 1.88. The third-order valence-electron chi connectivity index (χ3n) is 5.90. The largest absolute Gasteiger partial charge is 0.508 e. The van der Waals surface area contributed by atoms with Gasteiger partial charge in [-0.1, -0.05) is 56.3 Å². The number of phenols is 1. The van der Waals surface area contributed by atoms with Crippen molar-refractivity contribution in [1.29, 1.82) is 0 Å². The number of amides is 5. The first-order valence-electron chi connectivity index (χ1n) is 13.0. The highest BCUT2D eigenvalue weighted by Crippen LogP contribution is 2.11. The van der Waals surface area contributed by atoms with Crippen molar-refractivity contribution in [1.82, 2.24) is 21.3 Å². The first-order valence-corrected chi connectivity index (χ1v) is 13.0. The van der Waals surface area contributed by atoms with E-state index >= 15 is 0 Å². The van der Waals surface area contributed by atoms with E-state index in [4.69, 9.17) is 11.5 Å². The van der Waals surface area contributed by atoms with Crippen molar-refractivity contribution in [2.45, 2.75) is 51.2 Å². The molecule has 0 aromatic heterocycles. The SMILES string of the molecule is CC(C)C[C@H](N)C(=O)N[C@@H](Cc1ccccc1)C(=O)NCC(=O)NCC(=O)N[C@@H](Cc1ccc(O)cc1)C(N)=O. The molecule has 2 rings (SSSR count). The predicted octanol–water partition coefficient (Wildman–Crippen LogP) is -0.762. The summed E-state index contributed by atoms with van der Waals surface area (Å²) in [6.45, 7) is 2.97. The zero-order valence-electron chi connectivity index (χ0n) is 22.7. The molecule has 12 nitrogen and oxygen atoms in total. The Labute approximate surface area is 233 Å². The first kappa shape index (κ1) is 31.8. The van der Waals surface area contributed by atoms with Gasteiger partial charge in [0.05, 0.1) is 19.1 Å². The molecule has 3 atom stereocenters. The number of primary amides is 1. The summed E-state index contributed by atoms with van der Waals surface area (Å²) in [5, 5.41) is 19.3. The normalized spacial score (nSPS) is 13.0. The number of aromatic hydroxyl groups is 1. The van der Waals surface area contributed by atoms with Gasteiger partial charge in [-0.2, -0.15) is 0 Å². The van der Waals surface area contributed by atoms with E-state index in [1.807, 2.05) is 44.2 Å². The van der Waals surface area contributed by atoms with Crippen molar-refractivity contribution in [2.75, 3.05) is 13.1 Å². The summed E-state index contributed by atoms with van der Waals surface area (Å²) < 4.78 is 0. The molecule has 0 fully saturated rings. The van der Waals surface area contributed by atoms with Gasteiger partial charge in [0.15, 0.2) is 0 Å². The third-order valence-corrected chi connectivity index (χ3v) is 5.90. The third kappa shape index (κ3) is 11.5. The Morgan fingerprint density at radius 3 is 1.93 bits per heavy atom. The van der Waals surface area contributed by atoms with Crippen molar-refractivity contribution >= 4 is 29.5 Å². The lowest BCUT2D eigenvalue weighted by molar-refractivity contribution is -0.131. The van der Waals surface area contributed by atoms with E-state index in [0.29, 0.717) is 12.0 Å². The van der Waals surface area contributed by atoms with Gasteiger partial charge in [-0.3, -0.25) is 24.0 Å². The van der Waals surface area contributed by atoms with Gasteiger partial charge in [-0.05, 0) is 35.6 Å². The van der Waals surface area contributed by atoms with Gasteiger partial charge in [0.1, 0.15) is 17.8 Å². The van der Waals surface area contributed by atoms with Crippen molar-refractivity contribution in [2.24, 2.45) is 17.4 Å². The number of rotatable bonds is 15. The maximum Gasteiger partial charge on any atom is 0.243 e. The average Bonchev–Trinajstić information content (AvgIpc) is 2.91. The van der Waals surface area contributed by atoms with Gasteiger partial charge in [0.2, 0.25) is 29.5 Å². The van der Waals surface area contributed by atoms with E-state index in [-0.39, 0.29) is 24.5 Å². The highest BCUT2D eigenvalue weighted by molar-refractivity contribution is 5.93. The predicted molar refractivity (Wildman–Crippen MR) is 148 cm³/mol. The Morgan fingerprint density at radius 2 is 1.32 bits per heavy atom. The van der Waals surface area contributed by atoms with E-state index < -0.39 is 60.8 Å². The molecule has 0 spiro atoms. The van der Waals surface area contributed by atoms with Crippen LogP contribution in [0.15, 0.2) is 54.6 Å². The second-order valence-electron chi connectivity index (χ2n) is 9.87. The van der Waals surface area contributed by atoms with E-state index in [2.05, 4.69) is 21.3 Å². The average molecular weight is 555 g/mol. The maximum atomic E-state index is 12.9. The van der Waals surface area contributed by atoms with Crippen LogP contribution in [-0.4, -0.2) is 65.9 Å². The van der Waals surface area contributed by atoms with Crippen LogP contribution in [0.4, 0.5) is 0 Å². The molecular formula is C28H38N6O6. The summed E-state index contributed by atoms with van der Waals surface area (Å²) in [4.78, 5) is 61.8. The van der Waals surface area contributed by atoms with Crippen LogP contribution >= 0.6 is 0 Å². The lowest BCUT2D eigenvalue weighted by Gasteiger charge is -2.21. The van der Waals surface area contributed by atoms with Crippen LogP contribution in [0.5, 0.6) is 5.75 Å². The number of hydrogen-bond donors (Lipinski definition) is 7. The summed E-state index contributed by atoms with van der Waals surface area (Å²) in [6.07, 6.45) is 0.731. The van der Waals surface area contributed by atoms with Gasteiger partial charge in [0.25, 0.3) is 0 Å². The van der Waals surface area contributed by atoms with Crippen molar-refractivity contribution in [3.05, 3.63) is 65.7 Å². The highest BCUT2D eigenvalue weighted by atomic mass is 16.3. The molecule has 2 aromatic rings. The summed E-state index contributed by atoms with van der Waals surface area (Å²) >= 11 is 0. The van der Waals surface area contributed by atoms with Crippen LogP contribution in [0, 0.1) is 5.92 Å². The summed E-state index contributed by atoms with van der Waals surface area (Å²) in [5.74, 6) is -2.89. The molecular weight excluding hydrogens is 516 g/mol. The topological polar surface area (TPSA) is 206 Å². The van der Waals surface area contributed by atoms with Crippen LogP contribution in [0.1, 0.15) is 31.4 Å². The molecule has 9 N–H and O–H groups in total. The minimum Gasteiger partial charge on any atom is -0.508 e. The van der Waals surface area contributed by atoms with Gasteiger partial charge in [-0.25, -0.2) is 0 Å². The number of benzene rings is 2. The first-order chi connectivity index (χ1) is 18.9. The molecule has 0 aliphatic heterocycles. The second kappa shape index (κ2) is 15.8. The summed E-state index contributed by atoms with van der Waals surface area (Å²) in [7, 11) is 0. The fourth-order valence-electron chi connectivity index (χ4n) is 3.82. The quantitative estimate of drug-likeness (QED) is 0.150. The van der Waals surface area contributed by atoms with E-state index in [1.54, 1.807) is 12.1 Å². The molecule has 0 unspecified atom stereocenters. The Morgan fingerprint density at radius 1 is 0.750 bits per heavy atom. The number of carbonyl (C=O) groups is 5. The molecule has 0 bridgehead atoms. The van der Waals surface area contributed by atoms with Crippen LogP contribution in [0.25, 0.3) is 0 Å². The Kier molecular flexibility index (Phi) is 12.6. The zero-order chi connectivity index (χ0) is 29.7. The van der Waals surface area contributed by atoms with Crippen LogP contribution < -0.4 is 32.7 Å². The molecule has 2 aromatic carbocycles. The lowest BCUT2D eigenvalue weighted by Crippen LogP contribution is -2.54. The maximum absolute atomic E-state index is 12.9. The monoisotopic (exact) mass is 554 g/mol. The number of phenolic OH excluding ortho intramolecular Hbond substituents is 1. The van der Waals surface area contributed by atoms with Crippen molar-refractivity contribution in [3.8, 4) is 5.75 Å². The molecule has 12 heteroatoms. The molecule has 40 heavy (non-hydrogen) atoms. The molecule has 0 heterocycles.